The molecule has 0 saturated carbocycles. The summed E-state index contributed by atoms with van der Waals surface area (Å²) in [4.78, 5) is 2.62. The maximum atomic E-state index is 6.24. The lowest BCUT2D eigenvalue weighted by Crippen LogP contribution is -2.61. The Morgan fingerprint density at radius 2 is 1.47 bits per heavy atom. The van der Waals surface area contributed by atoms with Gasteiger partial charge in [-0.1, -0.05) is 27.7 Å². The van der Waals surface area contributed by atoms with Gasteiger partial charge in [0.1, 0.15) is 0 Å². The Hall–Kier alpha value is -0.120. The molecule has 0 bridgehead atoms. The highest BCUT2D eigenvalue weighted by atomic mass is 16.5. The molecule has 2 atom stereocenters. The van der Waals surface area contributed by atoms with Crippen molar-refractivity contribution in [2.45, 2.75) is 72.1 Å². The number of morpholine rings is 1. The van der Waals surface area contributed by atoms with Crippen molar-refractivity contribution in [1.82, 2.24) is 4.90 Å². The highest BCUT2D eigenvalue weighted by Gasteiger charge is 2.40. The second-order valence-corrected chi connectivity index (χ2v) is 7.29. The molecule has 0 aromatic carbocycles. The highest BCUT2D eigenvalue weighted by molar-refractivity contribution is 4.96. The Morgan fingerprint density at radius 1 is 1.05 bits per heavy atom. The van der Waals surface area contributed by atoms with Gasteiger partial charge in [-0.2, -0.15) is 0 Å². The SMILES string of the molecule is CC(C)CC(CN)(CC(C)C)N1C[C@@H](C)O[C@@H](C)C1. The van der Waals surface area contributed by atoms with Crippen LogP contribution in [-0.4, -0.2) is 42.3 Å². The Kier molecular flexibility index (Phi) is 6.28. The molecule has 114 valence electrons. The number of hydrogen-bond acceptors (Lipinski definition) is 3. The first kappa shape index (κ1) is 16.9. The molecule has 19 heavy (non-hydrogen) atoms. The molecule has 0 aliphatic carbocycles. The minimum atomic E-state index is 0.147. The van der Waals surface area contributed by atoms with Crippen LogP contribution in [0.3, 0.4) is 0 Å². The predicted octanol–water partition coefficient (Wildman–Crippen LogP) is 2.89. The number of nitrogens with zero attached hydrogens (tertiary/aromatic N) is 1. The van der Waals surface area contributed by atoms with Gasteiger partial charge in [0, 0.05) is 25.2 Å². The molecule has 1 fully saturated rings. The lowest BCUT2D eigenvalue weighted by Gasteiger charge is -2.50. The van der Waals surface area contributed by atoms with Crippen LogP contribution in [0.1, 0.15) is 54.4 Å². The summed E-state index contributed by atoms with van der Waals surface area (Å²) >= 11 is 0. The van der Waals surface area contributed by atoms with Crippen LogP contribution < -0.4 is 5.73 Å². The first-order valence-electron chi connectivity index (χ1n) is 7.89. The molecule has 1 aliphatic heterocycles. The molecule has 1 heterocycles. The van der Waals surface area contributed by atoms with E-state index in [9.17, 15) is 0 Å². The smallest absolute Gasteiger partial charge is 0.0678 e. The van der Waals surface area contributed by atoms with Gasteiger partial charge in [-0.05, 0) is 38.5 Å². The van der Waals surface area contributed by atoms with Crippen LogP contribution >= 0.6 is 0 Å². The molecule has 3 nitrogen and oxygen atoms in total. The Labute approximate surface area is 119 Å². The number of nitrogens with two attached hydrogens (primary N) is 1. The number of hydrogen-bond donors (Lipinski definition) is 1. The fraction of sp³-hybridized carbons (Fsp3) is 1.00. The van der Waals surface area contributed by atoms with Crippen molar-refractivity contribution in [3.05, 3.63) is 0 Å². The van der Waals surface area contributed by atoms with E-state index in [0.717, 1.165) is 19.6 Å². The van der Waals surface area contributed by atoms with Gasteiger partial charge in [0.05, 0.1) is 12.2 Å². The van der Waals surface area contributed by atoms with E-state index in [0.29, 0.717) is 24.0 Å². The fourth-order valence-electron chi connectivity index (χ4n) is 3.72. The summed E-state index contributed by atoms with van der Waals surface area (Å²) < 4.78 is 5.88. The van der Waals surface area contributed by atoms with Gasteiger partial charge in [-0.25, -0.2) is 0 Å². The third kappa shape index (κ3) is 4.73. The van der Waals surface area contributed by atoms with Crippen LogP contribution in [-0.2, 0) is 4.74 Å². The largest absolute Gasteiger partial charge is 0.373 e. The molecular weight excluding hydrogens is 236 g/mol. The van der Waals surface area contributed by atoms with Crippen LogP contribution in [0, 0.1) is 11.8 Å². The summed E-state index contributed by atoms with van der Waals surface area (Å²) in [5, 5.41) is 0. The maximum Gasteiger partial charge on any atom is 0.0678 e. The first-order valence-corrected chi connectivity index (χ1v) is 7.89. The van der Waals surface area contributed by atoms with E-state index in [1.807, 2.05) is 0 Å². The van der Waals surface area contributed by atoms with Crippen LogP contribution in [0.25, 0.3) is 0 Å². The molecule has 3 heteroatoms. The normalized spacial score (nSPS) is 26.4. The first-order chi connectivity index (χ1) is 8.79. The van der Waals surface area contributed by atoms with E-state index in [2.05, 4.69) is 46.4 Å². The van der Waals surface area contributed by atoms with E-state index in [1.54, 1.807) is 0 Å². The summed E-state index contributed by atoms with van der Waals surface area (Å²) in [7, 11) is 0. The van der Waals surface area contributed by atoms with Crippen molar-refractivity contribution in [2.24, 2.45) is 17.6 Å². The summed E-state index contributed by atoms with van der Waals surface area (Å²) in [5.74, 6) is 1.35. The van der Waals surface area contributed by atoms with Gasteiger partial charge in [0.2, 0.25) is 0 Å². The second kappa shape index (κ2) is 7.05. The zero-order valence-corrected chi connectivity index (χ0v) is 13.8. The fourth-order valence-corrected chi connectivity index (χ4v) is 3.72. The van der Waals surface area contributed by atoms with Crippen molar-refractivity contribution in [3.63, 3.8) is 0 Å². The standard InChI is InChI=1S/C16H34N2O/c1-12(2)7-16(11-17,8-13(3)4)18-9-14(5)19-15(6)10-18/h12-15H,7-11,17H2,1-6H3/t14-,15+. The van der Waals surface area contributed by atoms with Crippen LogP contribution in [0.15, 0.2) is 0 Å². The van der Waals surface area contributed by atoms with Crippen LogP contribution in [0.2, 0.25) is 0 Å². The monoisotopic (exact) mass is 270 g/mol. The summed E-state index contributed by atoms with van der Waals surface area (Å²) in [6.45, 7) is 16.3. The molecule has 0 amide bonds. The van der Waals surface area contributed by atoms with E-state index >= 15 is 0 Å². The molecule has 1 aliphatic rings. The second-order valence-electron chi connectivity index (χ2n) is 7.29. The van der Waals surface area contributed by atoms with Crippen molar-refractivity contribution >= 4 is 0 Å². The summed E-state index contributed by atoms with van der Waals surface area (Å²) in [6, 6.07) is 0. The summed E-state index contributed by atoms with van der Waals surface area (Å²) in [6.07, 6.45) is 2.99. The Balaban J connectivity index is 2.92. The highest BCUT2D eigenvalue weighted by Crippen LogP contribution is 2.32. The molecular formula is C16H34N2O. The molecule has 1 rings (SSSR count). The maximum absolute atomic E-state index is 6.24. The lowest BCUT2D eigenvalue weighted by atomic mass is 9.79. The van der Waals surface area contributed by atoms with Gasteiger partial charge in [0.25, 0.3) is 0 Å². The molecule has 0 unspecified atom stereocenters. The van der Waals surface area contributed by atoms with Crippen molar-refractivity contribution in [3.8, 4) is 0 Å². The molecule has 0 radical (unpaired) electrons. The molecule has 0 aromatic rings. The Bertz CT molecular complexity index is 245. The lowest BCUT2D eigenvalue weighted by molar-refractivity contribution is -0.108. The van der Waals surface area contributed by atoms with Crippen LogP contribution in [0.4, 0.5) is 0 Å². The van der Waals surface area contributed by atoms with Gasteiger partial charge in [0.15, 0.2) is 0 Å². The number of ether oxygens (including phenoxy) is 1. The molecule has 1 saturated heterocycles. The minimum Gasteiger partial charge on any atom is -0.373 e. The predicted molar refractivity (Wildman–Crippen MR) is 82.3 cm³/mol. The van der Waals surface area contributed by atoms with Crippen LogP contribution in [0.5, 0.6) is 0 Å². The third-order valence-electron chi connectivity index (χ3n) is 4.05. The average molecular weight is 270 g/mol. The van der Waals surface area contributed by atoms with E-state index in [4.69, 9.17) is 10.5 Å². The molecule has 0 aromatic heterocycles. The Morgan fingerprint density at radius 3 is 1.79 bits per heavy atom. The third-order valence-corrected chi connectivity index (χ3v) is 4.05. The van der Waals surface area contributed by atoms with E-state index in [-0.39, 0.29) is 5.54 Å². The average Bonchev–Trinajstić information content (AvgIpc) is 2.25. The van der Waals surface area contributed by atoms with Gasteiger partial charge in [-0.15, -0.1) is 0 Å². The van der Waals surface area contributed by atoms with Gasteiger partial charge >= 0.3 is 0 Å². The topological polar surface area (TPSA) is 38.5 Å². The van der Waals surface area contributed by atoms with Gasteiger partial charge < -0.3 is 10.5 Å². The summed E-state index contributed by atoms with van der Waals surface area (Å²) in [5.41, 5.74) is 6.39. The zero-order valence-electron chi connectivity index (χ0n) is 13.8. The number of rotatable bonds is 6. The van der Waals surface area contributed by atoms with Crippen molar-refractivity contribution < 1.29 is 4.74 Å². The van der Waals surface area contributed by atoms with Crippen molar-refractivity contribution in [2.75, 3.05) is 19.6 Å². The quantitative estimate of drug-likeness (QED) is 0.806. The minimum absolute atomic E-state index is 0.147. The van der Waals surface area contributed by atoms with E-state index < -0.39 is 0 Å². The van der Waals surface area contributed by atoms with Crippen molar-refractivity contribution in [1.29, 1.82) is 0 Å². The van der Waals surface area contributed by atoms with Gasteiger partial charge in [-0.3, -0.25) is 4.90 Å². The molecule has 2 N–H and O–H groups in total. The molecule has 0 spiro atoms. The zero-order chi connectivity index (χ0) is 14.6. The van der Waals surface area contributed by atoms with E-state index in [1.165, 1.54) is 12.8 Å².